The highest BCUT2D eigenvalue weighted by Gasteiger charge is 2.09. The highest BCUT2D eigenvalue weighted by atomic mass is 32.1. The number of aliphatic carboxylic acids is 1. The zero-order valence-corrected chi connectivity index (χ0v) is 6.43. The third kappa shape index (κ3) is 2.16. The number of carbonyl (C=O) groups excluding carboxylic acids is 1. The number of hydrogen-bond acceptors (Lipinski definition) is 3. The molecule has 0 saturated carbocycles. The van der Waals surface area contributed by atoms with Crippen LogP contribution >= 0.6 is 11.3 Å². The number of Topliss-reactive ketones (excluding diaryl/α,β-unsaturated/α-hetero) is 1. The number of rotatable bonds is 3. The van der Waals surface area contributed by atoms with Crippen LogP contribution in [0.2, 0.25) is 0 Å². The molecule has 11 heavy (non-hydrogen) atoms. The molecule has 0 radical (unpaired) electrons. The first-order valence-corrected chi connectivity index (χ1v) is 3.91. The Morgan fingerprint density at radius 3 is 2.73 bits per heavy atom. The van der Waals surface area contributed by atoms with Gasteiger partial charge in [-0.05, 0) is 11.4 Å². The molecule has 58 valence electrons. The predicted octanol–water partition coefficient (Wildman–Crippen LogP) is 1.41. The summed E-state index contributed by atoms with van der Waals surface area (Å²) in [6.07, 6.45) is -0.420. The van der Waals surface area contributed by atoms with Crippen molar-refractivity contribution in [2.24, 2.45) is 0 Å². The van der Waals surface area contributed by atoms with Gasteiger partial charge >= 0.3 is 5.97 Å². The van der Waals surface area contributed by atoms with Gasteiger partial charge in [-0.25, -0.2) is 0 Å². The van der Waals surface area contributed by atoms with Gasteiger partial charge in [-0.3, -0.25) is 9.59 Å². The summed E-state index contributed by atoms with van der Waals surface area (Å²) < 4.78 is 0. The van der Waals surface area contributed by atoms with E-state index in [0.29, 0.717) is 5.56 Å². The van der Waals surface area contributed by atoms with Crippen molar-refractivity contribution < 1.29 is 14.7 Å². The minimum absolute atomic E-state index is 0.334. The minimum atomic E-state index is -1.08. The molecule has 0 atom stereocenters. The van der Waals surface area contributed by atoms with Crippen LogP contribution < -0.4 is 0 Å². The van der Waals surface area contributed by atoms with Crippen LogP contribution in [0.25, 0.3) is 0 Å². The van der Waals surface area contributed by atoms with E-state index in [1.807, 2.05) is 0 Å². The minimum Gasteiger partial charge on any atom is -0.481 e. The smallest absolute Gasteiger partial charge is 0.311 e. The molecule has 3 nitrogen and oxygen atoms in total. The molecule has 0 saturated heterocycles. The second kappa shape index (κ2) is 3.30. The first kappa shape index (κ1) is 7.94. The molecule has 0 bridgehead atoms. The Kier molecular flexibility index (Phi) is 2.38. The lowest BCUT2D eigenvalue weighted by Crippen LogP contribution is -2.05. The zero-order chi connectivity index (χ0) is 8.27. The molecule has 0 aliphatic rings. The molecular weight excluding hydrogens is 164 g/mol. The molecule has 0 aliphatic heterocycles. The van der Waals surface area contributed by atoms with Gasteiger partial charge in [-0.1, -0.05) is 0 Å². The average Bonchev–Trinajstić information content (AvgIpc) is 2.35. The Hall–Kier alpha value is -1.16. The monoisotopic (exact) mass is 170 g/mol. The Bertz CT molecular complexity index is 263. The maximum Gasteiger partial charge on any atom is 0.311 e. The van der Waals surface area contributed by atoms with Crippen LogP contribution in [0.4, 0.5) is 0 Å². The summed E-state index contributed by atoms with van der Waals surface area (Å²) in [5.74, 6) is -1.42. The van der Waals surface area contributed by atoms with Gasteiger partial charge in [0.15, 0.2) is 5.78 Å². The van der Waals surface area contributed by atoms with E-state index in [0.717, 1.165) is 0 Å². The Balaban J connectivity index is 2.64. The summed E-state index contributed by atoms with van der Waals surface area (Å²) in [6.45, 7) is 0. The van der Waals surface area contributed by atoms with Crippen molar-refractivity contribution >= 4 is 23.1 Å². The van der Waals surface area contributed by atoms with Crippen LogP contribution in [-0.4, -0.2) is 16.9 Å². The molecule has 0 aliphatic carbocycles. The molecule has 4 heteroatoms. The number of carboxylic acid groups (broad SMARTS) is 1. The fourth-order valence-electron chi connectivity index (χ4n) is 0.663. The molecule has 1 N–H and O–H groups in total. The van der Waals surface area contributed by atoms with Crippen molar-refractivity contribution in [1.29, 1.82) is 0 Å². The van der Waals surface area contributed by atoms with E-state index in [9.17, 15) is 9.59 Å². The first-order chi connectivity index (χ1) is 5.20. The highest BCUT2D eigenvalue weighted by Crippen LogP contribution is 2.08. The van der Waals surface area contributed by atoms with Crippen molar-refractivity contribution in [3.05, 3.63) is 22.4 Å². The van der Waals surface area contributed by atoms with Gasteiger partial charge in [0, 0.05) is 10.9 Å². The normalized spacial score (nSPS) is 9.45. The van der Waals surface area contributed by atoms with Crippen LogP contribution in [0.1, 0.15) is 16.8 Å². The number of hydrogen-bond donors (Lipinski definition) is 1. The molecule has 1 rings (SSSR count). The second-order valence-corrected chi connectivity index (χ2v) is 2.79. The Morgan fingerprint density at radius 2 is 2.27 bits per heavy atom. The fourth-order valence-corrected chi connectivity index (χ4v) is 1.32. The van der Waals surface area contributed by atoms with E-state index >= 15 is 0 Å². The molecule has 0 spiro atoms. The van der Waals surface area contributed by atoms with E-state index < -0.39 is 12.4 Å². The van der Waals surface area contributed by atoms with Crippen molar-refractivity contribution in [2.45, 2.75) is 6.42 Å². The van der Waals surface area contributed by atoms with Crippen LogP contribution in [0.5, 0.6) is 0 Å². The van der Waals surface area contributed by atoms with Gasteiger partial charge in [0.1, 0.15) is 6.42 Å². The quantitative estimate of drug-likeness (QED) is 0.551. The summed E-state index contributed by atoms with van der Waals surface area (Å²) in [5.41, 5.74) is 0.484. The van der Waals surface area contributed by atoms with E-state index in [1.165, 1.54) is 11.3 Å². The van der Waals surface area contributed by atoms with Gasteiger partial charge in [-0.2, -0.15) is 11.3 Å². The van der Waals surface area contributed by atoms with Crippen LogP contribution in [0.3, 0.4) is 0 Å². The standard InChI is InChI=1S/C7H6O3S/c8-6(3-7(9)10)5-1-2-11-4-5/h1-2,4H,3H2,(H,9,10). The van der Waals surface area contributed by atoms with E-state index in [4.69, 9.17) is 5.11 Å². The molecule has 0 unspecified atom stereocenters. The zero-order valence-electron chi connectivity index (χ0n) is 5.61. The van der Waals surface area contributed by atoms with Gasteiger partial charge in [0.25, 0.3) is 0 Å². The maximum atomic E-state index is 10.9. The van der Waals surface area contributed by atoms with Crippen molar-refractivity contribution in [1.82, 2.24) is 0 Å². The largest absolute Gasteiger partial charge is 0.481 e. The SMILES string of the molecule is O=C(O)CC(=O)c1ccsc1. The predicted molar refractivity (Wildman–Crippen MR) is 40.9 cm³/mol. The van der Waals surface area contributed by atoms with E-state index in [1.54, 1.807) is 16.8 Å². The van der Waals surface area contributed by atoms with Crippen LogP contribution in [-0.2, 0) is 4.79 Å². The Labute approximate surface area is 67.3 Å². The Morgan fingerprint density at radius 1 is 1.55 bits per heavy atom. The first-order valence-electron chi connectivity index (χ1n) is 2.97. The molecule has 0 amide bonds. The molecule has 1 heterocycles. The number of carbonyl (C=O) groups is 2. The lowest BCUT2D eigenvalue weighted by Gasteiger charge is -1.90. The lowest BCUT2D eigenvalue weighted by atomic mass is 10.2. The van der Waals surface area contributed by atoms with Crippen molar-refractivity contribution in [3.8, 4) is 0 Å². The molecule has 1 aromatic heterocycles. The number of ketones is 1. The van der Waals surface area contributed by atoms with Crippen molar-refractivity contribution in [2.75, 3.05) is 0 Å². The fraction of sp³-hybridized carbons (Fsp3) is 0.143. The second-order valence-electron chi connectivity index (χ2n) is 2.01. The van der Waals surface area contributed by atoms with Crippen LogP contribution in [0, 0.1) is 0 Å². The summed E-state index contributed by atoms with van der Waals surface area (Å²) in [6, 6.07) is 1.62. The van der Waals surface area contributed by atoms with E-state index in [-0.39, 0.29) is 5.78 Å². The van der Waals surface area contributed by atoms with Gasteiger partial charge in [-0.15, -0.1) is 0 Å². The molecular formula is C7H6O3S. The van der Waals surface area contributed by atoms with Crippen LogP contribution in [0.15, 0.2) is 16.8 Å². The summed E-state index contributed by atoms with van der Waals surface area (Å²) >= 11 is 1.38. The molecule has 0 aromatic carbocycles. The lowest BCUT2D eigenvalue weighted by molar-refractivity contribution is -0.135. The van der Waals surface area contributed by atoms with Gasteiger partial charge in [0.2, 0.25) is 0 Å². The highest BCUT2D eigenvalue weighted by molar-refractivity contribution is 7.08. The third-order valence-electron chi connectivity index (χ3n) is 1.15. The third-order valence-corrected chi connectivity index (χ3v) is 1.84. The summed E-state index contributed by atoms with van der Waals surface area (Å²) in [5, 5.41) is 11.7. The molecule has 0 fully saturated rings. The summed E-state index contributed by atoms with van der Waals surface area (Å²) in [7, 11) is 0. The van der Waals surface area contributed by atoms with Crippen molar-refractivity contribution in [3.63, 3.8) is 0 Å². The van der Waals surface area contributed by atoms with Gasteiger partial charge in [0.05, 0.1) is 0 Å². The number of thiophene rings is 1. The molecule has 1 aromatic rings. The van der Waals surface area contributed by atoms with E-state index in [2.05, 4.69) is 0 Å². The average molecular weight is 170 g/mol. The maximum absolute atomic E-state index is 10.9. The van der Waals surface area contributed by atoms with Gasteiger partial charge < -0.3 is 5.11 Å². The number of carboxylic acids is 1. The summed E-state index contributed by atoms with van der Waals surface area (Å²) in [4.78, 5) is 21.0. The topological polar surface area (TPSA) is 54.4 Å².